The van der Waals surface area contributed by atoms with Crippen molar-refractivity contribution in [1.29, 1.82) is 0 Å². The molecule has 0 bridgehead atoms. The first-order valence-corrected chi connectivity index (χ1v) is 7.82. The number of nitrogens with one attached hydrogen (secondary N) is 2. The lowest BCUT2D eigenvalue weighted by Gasteiger charge is -2.16. The maximum Gasteiger partial charge on any atom is 0.273 e. The van der Waals surface area contributed by atoms with Crippen molar-refractivity contribution in [3.63, 3.8) is 0 Å². The van der Waals surface area contributed by atoms with Crippen molar-refractivity contribution in [3.8, 4) is 5.75 Å². The second-order valence-electron chi connectivity index (χ2n) is 5.74. The summed E-state index contributed by atoms with van der Waals surface area (Å²) >= 11 is 0. The van der Waals surface area contributed by atoms with Gasteiger partial charge in [-0.1, -0.05) is 19.0 Å². The Balaban J connectivity index is 2.52. The number of benzene rings is 1. The van der Waals surface area contributed by atoms with Gasteiger partial charge in [-0.2, -0.15) is 0 Å². The molecule has 0 spiro atoms. The number of nitro benzene ring substituents is 1. The van der Waals surface area contributed by atoms with Gasteiger partial charge < -0.3 is 20.2 Å². The molecule has 1 aromatic carbocycles. The predicted octanol–water partition coefficient (Wildman–Crippen LogP) is 1.70. The van der Waals surface area contributed by atoms with Crippen LogP contribution in [0.4, 0.5) is 11.4 Å². The molecule has 10 nitrogen and oxygen atoms in total. The molecule has 0 aliphatic heterocycles. The van der Waals surface area contributed by atoms with Gasteiger partial charge in [-0.25, -0.2) is 0 Å². The Labute approximate surface area is 150 Å². The van der Waals surface area contributed by atoms with Crippen LogP contribution >= 0.6 is 0 Å². The lowest BCUT2D eigenvalue weighted by atomic mass is 10.1. The van der Waals surface area contributed by atoms with Gasteiger partial charge >= 0.3 is 0 Å². The number of carbonyl (C=O) groups excluding carboxylic acids is 2. The zero-order valence-electron chi connectivity index (χ0n) is 15.0. The van der Waals surface area contributed by atoms with E-state index >= 15 is 0 Å². The second kappa shape index (κ2) is 9.97. The number of oxime groups is 1. The zero-order chi connectivity index (χ0) is 19.7. The molecule has 0 radical (unpaired) electrons. The van der Waals surface area contributed by atoms with Crippen LogP contribution in [-0.4, -0.2) is 42.7 Å². The summed E-state index contributed by atoms with van der Waals surface area (Å²) in [7, 11) is 1.32. The fourth-order valence-corrected chi connectivity index (χ4v) is 1.71. The fraction of sp³-hybridized carbons (Fsp3) is 0.438. The van der Waals surface area contributed by atoms with Crippen LogP contribution in [-0.2, 0) is 14.4 Å². The quantitative estimate of drug-likeness (QED) is 0.388. The summed E-state index contributed by atoms with van der Waals surface area (Å²) < 4.78 is 5.00. The normalized spacial score (nSPS) is 11.9. The maximum absolute atomic E-state index is 11.8. The zero-order valence-corrected chi connectivity index (χ0v) is 15.0. The predicted molar refractivity (Wildman–Crippen MR) is 95.2 cm³/mol. The van der Waals surface area contributed by atoms with E-state index < -0.39 is 10.8 Å². The van der Waals surface area contributed by atoms with Crippen LogP contribution in [0.15, 0.2) is 23.4 Å². The highest BCUT2D eigenvalue weighted by Crippen LogP contribution is 2.28. The number of nitrogens with zero attached hydrogens (tertiary/aromatic N) is 2. The first-order chi connectivity index (χ1) is 12.2. The smallest absolute Gasteiger partial charge is 0.273 e. The molecule has 10 heteroatoms. The van der Waals surface area contributed by atoms with Crippen LogP contribution < -0.4 is 15.4 Å². The minimum absolute atomic E-state index is 0.00650. The van der Waals surface area contributed by atoms with Crippen LogP contribution in [0.3, 0.4) is 0 Å². The van der Waals surface area contributed by atoms with Gasteiger partial charge in [-0.15, -0.1) is 0 Å². The highest BCUT2D eigenvalue weighted by atomic mass is 16.6. The first-order valence-electron chi connectivity index (χ1n) is 7.82. The summed E-state index contributed by atoms with van der Waals surface area (Å²) in [4.78, 5) is 38.3. The van der Waals surface area contributed by atoms with Crippen LogP contribution in [0.5, 0.6) is 5.75 Å². The van der Waals surface area contributed by atoms with Crippen molar-refractivity contribution in [1.82, 2.24) is 5.32 Å². The molecule has 2 N–H and O–H groups in total. The molecule has 1 rings (SSSR count). The topological polar surface area (TPSA) is 132 Å². The summed E-state index contributed by atoms with van der Waals surface area (Å²) in [5.41, 5.74) is 0.0662. The van der Waals surface area contributed by atoms with Gasteiger partial charge in [-0.05, 0) is 18.9 Å². The summed E-state index contributed by atoms with van der Waals surface area (Å²) in [5.74, 6) is -0.581. The number of nitro groups is 1. The molecular weight excluding hydrogens is 344 g/mol. The van der Waals surface area contributed by atoms with E-state index in [-0.39, 0.29) is 41.6 Å². The van der Waals surface area contributed by atoms with E-state index in [0.717, 1.165) is 6.21 Å². The largest absolute Gasteiger partial charge is 0.494 e. The van der Waals surface area contributed by atoms with Crippen molar-refractivity contribution in [2.45, 2.75) is 26.8 Å². The lowest BCUT2D eigenvalue weighted by molar-refractivity contribution is -0.384. The number of ether oxygens (including phenoxy) is 1. The van der Waals surface area contributed by atoms with E-state index in [1.165, 1.54) is 25.3 Å². The number of amides is 2. The van der Waals surface area contributed by atoms with Gasteiger partial charge in [0.05, 0.1) is 23.8 Å². The highest BCUT2D eigenvalue weighted by molar-refractivity contribution is 6.31. The van der Waals surface area contributed by atoms with E-state index in [0.29, 0.717) is 0 Å². The fourth-order valence-electron chi connectivity index (χ4n) is 1.71. The number of methoxy groups -OCH3 is 1. The highest BCUT2D eigenvalue weighted by Gasteiger charge is 2.13. The van der Waals surface area contributed by atoms with Gasteiger partial charge in [0, 0.05) is 12.1 Å². The molecule has 0 saturated carbocycles. The molecule has 1 atom stereocenters. The van der Waals surface area contributed by atoms with E-state index in [2.05, 4.69) is 15.8 Å². The molecule has 26 heavy (non-hydrogen) atoms. The Bertz CT molecular complexity index is 689. The molecule has 0 aromatic heterocycles. The molecule has 0 aliphatic carbocycles. The van der Waals surface area contributed by atoms with Gasteiger partial charge in [-0.3, -0.25) is 19.7 Å². The molecule has 1 aromatic rings. The van der Waals surface area contributed by atoms with Crippen LogP contribution in [0.25, 0.3) is 0 Å². The Hall–Kier alpha value is -3.17. The maximum atomic E-state index is 11.8. The summed E-state index contributed by atoms with van der Waals surface area (Å²) in [6, 6.07) is 3.74. The summed E-state index contributed by atoms with van der Waals surface area (Å²) in [6.07, 6.45) is 0.847. The summed E-state index contributed by atoms with van der Waals surface area (Å²) in [6.45, 7) is 5.50. The van der Waals surface area contributed by atoms with E-state index in [1.54, 1.807) is 0 Å². The molecule has 0 aliphatic rings. The van der Waals surface area contributed by atoms with Crippen molar-refractivity contribution in [2.75, 3.05) is 19.0 Å². The SMILES string of the molecule is COc1cc([N+](=O)[O-])ccc1NC(=O)/C=N\OCC(=O)N[C@H](C)C(C)C. The molecule has 142 valence electrons. The summed E-state index contributed by atoms with van der Waals surface area (Å²) in [5, 5.41) is 19.3. The van der Waals surface area contributed by atoms with Crippen molar-refractivity contribution < 1.29 is 24.1 Å². The number of hydrogen-bond acceptors (Lipinski definition) is 7. The average Bonchev–Trinajstić information content (AvgIpc) is 2.58. The number of anilines is 1. The van der Waals surface area contributed by atoms with Crippen LogP contribution in [0, 0.1) is 16.0 Å². The number of hydrogen-bond donors (Lipinski definition) is 2. The Kier molecular flexibility index (Phi) is 8.00. The van der Waals surface area contributed by atoms with Gasteiger partial charge in [0.2, 0.25) is 0 Å². The average molecular weight is 366 g/mol. The third-order valence-corrected chi connectivity index (χ3v) is 3.48. The number of rotatable bonds is 9. The molecule has 0 saturated heterocycles. The van der Waals surface area contributed by atoms with Gasteiger partial charge in [0.25, 0.3) is 17.5 Å². The monoisotopic (exact) mass is 366 g/mol. The third kappa shape index (κ3) is 6.75. The third-order valence-electron chi connectivity index (χ3n) is 3.48. The van der Waals surface area contributed by atoms with Gasteiger partial charge in [0.1, 0.15) is 12.0 Å². The van der Waals surface area contributed by atoms with E-state index in [9.17, 15) is 19.7 Å². The molecule has 0 unspecified atom stereocenters. The molecular formula is C16H22N4O6. The number of non-ortho nitro benzene ring substituents is 1. The second-order valence-corrected chi connectivity index (χ2v) is 5.74. The minimum Gasteiger partial charge on any atom is -0.494 e. The Morgan fingerprint density at radius 1 is 1.35 bits per heavy atom. The van der Waals surface area contributed by atoms with Crippen molar-refractivity contribution >= 4 is 29.4 Å². The van der Waals surface area contributed by atoms with Crippen LogP contribution in [0.1, 0.15) is 20.8 Å². The Morgan fingerprint density at radius 2 is 2.04 bits per heavy atom. The Morgan fingerprint density at radius 3 is 2.62 bits per heavy atom. The van der Waals surface area contributed by atoms with Crippen molar-refractivity contribution in [3.05, 3.63) is 28.3 Å². The van der Waals surface area contributed by atoms with Gasteiger partial charge in [0.15, 0.2) is 6.61 Å². The minimum atomic E-state index is -0.645. The van der Waals surface area contributed by atoms with E-state index in [1.807, 2.05) is 20.8 Å². The van der Waals surface area contributed by atoms with E-state index in [4.69, 9.17) is 9.57 Å². The standard InChI is InChI=1S/C16H22N4O6/c1-10(2)11(3)18-16(22)9-26-17-8-15(21)19-13-6-5-12(20(23)24)7-14(13)25-4/h5-8,10-11H,9H2,1-4H3,(H,18,22)(H,19,21)/b17-8-/t11-/m1/s1. The molecule has 0 heterocycles. The molecule has 2 amide bonds. The molecule has 0 fully saturated rings. The van der Waals surface area contributed by atoms with Crippen LogP contribution in [0.2, 0.25) is 0 Å². The van der Waals surface area contributed by atoms with Crippen molar-refractivity contribution in [2.24, 2.45) is 11.1 Å². The lowest BCUT2D eigenvalue weighted by Crippen LogP contribution is -2.38. The number of carbonyl (C=O) groups is 2. The first kappa shape index (κ1) is 20.9.